The number of halogens is 1. The number of aliphatic carboxylic acids is 1. The quantitative estimate of drug-likeness (QED) is 0.880. The van der Waals surface area contributed by atoms with Crippen LogP contribution in [0.3, 0.4) is 0 Å². The summed E-state index contributed by atoms with van der Waals surface area (Å²) >= 11 is 5.86. The molecule has 2 rings (SSSR count). The molecule has 0 saturated carbocycles. The highest BCUT2D eigenvalue weighted by Crippen LogP contribution is 2.20. The maximum Gasteiger partial charge on any atom is 0.326 e. The van der Waals surface area contributed by atoms with Crippen molar-refractivity contribution in [2.45, 2.75) is 31.7 Å². The minimum Gasteiger partial charge on any atom is -0.480 e. The first-order chi connectivity index (χ1) is 9.58. The van der Waals surface area contributed by atoms with Crippen LogP contribution in [-0.4, -0.2) is 34.6 Å². The zero-order chi connectivity index (χ0) is 14.5. The Labute approximate surface area is 122 Å². The maximum atomic E-state index is 12.3. The van der Waals surface area contributed by atoms with E-state index in [1.807, 2.05) is 0 Å². The molecular weight excluding hydrogens is 280 g/mol. The van der Waals surface area contributed by atoms with Gasteiger partial charge >= 0.3 is 12.0 Å². The van der Waals surface area contributed by atoms with Crippen LogP contribution in [-0.2, 0) is 4.79 Å². The van der Waals surface area contributed by atoms with Crippen molar-refractivity contribution in [1.82, 2.24) is 4.90 Å². The Hall–Kier alpha value is -1.75. The minimum absolute atomic E-state index is 0.387. The van der Waals surface area contributed by atoms with Gasteiger partial charge in [0.2, 0.25) is 0 Å². The van der Waals surface area contributed by atoms with Crippen LogP contribution in [0, 0.1) is 0 Å². The largest absolute Gasteiger partial charge is 0.480 e. The van der Waals surface area contributed by atoms with Gasteiger partial charge in [0.05, 0.1) is 0 Å². The van der Waals surface area contributed by atoms with E-state index in [1.165, 1.54) is 4.90 Å². The Morgan fingerprint density at radius 1 is 1.30 bits per heavy atom. The Morgan fingerprint density at radius 3 is 2.80 bits per heavy atom. The van der Waals surface area contributed by atoms with Crippen LogP contribution in [0.5, 0.6) is 0 Å². The number of rotatable bonds is 2. The second-order valence-electron chi connectivity index (χ2n) is 4.84. The first kappa shape index (κ1) is 14.7. The molecule has 6 heteroatoms. The van der Waals surface area contributed by atoms with E-state index >= 15 is 0 Å². The second-order valence-corrected chi connectivity index (χ2v) is 5.27. The van der Waals surface area contributed by atoms with Gasteiger partial charge < -0.3 is 15.3 Å². The van der Waals surface area contributed by atoms with Crippen molar-refractivity contribution in [3.63, 3.8) is 0 Å². The van der Waals surface area contributed by atoms with Gasteiger partial charge in [-0.05, 0) is 31.0 Å². The lowest BCUT2D eigenvalue weighted by atomic mass is 10.1. The lowest BCUT2D eigenvalue weighted by Gasteiger charge is -2.27. The molecule has 1 aromatic carbocycles. The van der Waals surface area contributed by atoms with Crippen molar-refractivity contribution in [2.75, 3.05) is 11.9 Å². The molecule has 0 aromatic heterocycles. The molecule has 1 heterocycles. The number of hydrogen-bond acceptors (Lipinski definition) is 2. The number of carbonyl (C=O) groups excluding carboxylic acids is 1. The number of carboxylic acids is 1. The van der Waals surface area contributed by atoms with Crippen molar-refractivity contribution >= 4 is 29.3 Å². The molecule has 0 spiro atoms. The molecule has 0 bridgehead atoms. The van der Waals surface area contributed by atoms with E-state index in [-0.39, 0.29) is 6.03 Å². The first-order valence-electron chi connectivity index (χ1n) is 6.64. The molecule has 1 aliphatic heterocycles. The molecule has 1 aliphatic rings. The van der Waals surface area contributed by atoms with Crippen LogP contribution in [0.4, 0.5) is 10.5 Å². The van der Waals surface area contributed by atoms with E-state index in [0.717, 1.165) is 19.3 Å². The van der Waals surface area contributed by atoms with E-state index in [4.69, 9.17) is 11.6 Å². The SMILES string of the molecule is O=C(O)C1CCCCCN1C(=O)Nc1cccc(Cl)c1. The van der Waals surface area contributed by atoms with Crippen LogP contribution >= 0.6 is 11.6 Å². The number of benzene rings is 1. The zero-order valence-electron chi connectivity index (χ0n) is 11.0. The van der Waals surface area contributed by atoms with E-state index in [0.29, 0.717) is 23.7 Å². The van der Waals surface area contributed by atoms with Crippen molar-refractivity contribution in [2.24, 2.45) is 0 Å². The highest BCUT2D eigenvalue weighted by molar-refractivity contribution is 6.30. The van der Waals surface area contributed by atoms with Gasteiger partial charge in [-0.3, -0.25) is 0 Å². The number of carbonyl (C=O) groups is 2. The molecule has 1 unspecified atom stereocenters. The summed E-state index contributed by atoms with van der Waals surface area (Å²) in [6, 6.07) is 5.65. The summed E-state index contributed by atoms with van der Waals surface area (Å²) < 4.78 is 0. The highest BCUT2D eigenvalue weighted by atomic mass is 35.5. The summed E-state index contributed by atoms with van der Waals surface area (Å²) in [7, 11) is 0. The van der Waals surface area contributed by atoms with Gasteiger partial charge in [-0.1, -0.05) is 30.5 Å². The third kappa shape index (κ3) is 3.63. The van der Waals surface area contributed by atoms with Gasteiger partial charge in [0.1, 0.15) is 6.04 Å². The van der Waals surface area contributed by atoms with Crippen LogP contribution < -0.4 is 5.32 Å². The molecule has 20 heavy (non-hydrogen) atoms. The number of hydrogen-bond donors (Lipinski definition) is 2. The fraction of sp³-hybridized carbons (Fsp3) is 0.429. The monoisotopic (exact) mass is 296 g/mol. The number of urea groups is 1. The summed E-state index contributed by atoms with van der Waals surface area (Å²) in [5.74, 6) is -0.951. The second kappa shape index (κ2) is 6.61. The molecule has 0 radical (unpaired) electrons. The number of nitrogens with zero attached hydrogens (tertiary/aromatic N) is 1. The summed E-state index contributed by atoms with van der Waals surface area (Å²) in [6.07, 6.45) is 3.10. The molecule has 1 atom stereocenters. The Balaban J connectivity index is 2.10. The van der Waals surface area contributed by atoms with Gasteiger partial charge in [0.15, 0.2) is 0 Å². The Morgan fingerprint density at radius 2 is 2.10 bits per heavy atom. The van der Waals surface area contributed by atoms with Gasteiger partial charge in [-0.25, -0.2) is 9.59 Å². The predicted molar refractivity (Wildman–Crippen MR) is 77.1 cm³/mol. The first-order valence-corrected chi connectivity index (χ1v) is 7.02. The highest BCUT2D eigenvalue weighted by Gasteiger charge is 2.30. The van der Waals surface area contributed by atoms with E-state index in [2.05, 4.69) is 5.32 Å². The Kier molecular flexibility index (Phi) is 4.84. The normalized spacial score (nSPS) is 19.2. The molecular formula is C14H17ClN2O3. The summed E-state index contributed by atoms with van der Waals surface area (Å²) in [6.45, 7) is 0.462. The van der Waals surface area contributed by atoms with Gasteiger partial charge in [-0.15, -0.1) is 0 Å². The number of nitrogens with one attached hydrogen (secondary N) is 1. The Bertz CT molecular complexity index is 507. The smallest absolute Gasteiger partial charge is 0.326 e. The van der Waals surface area contributed by atoms with E-state index in [1.54, 1.807) is 24.3 Å². The van der Waals surface area contributed by atoms with E-state index in [9.17, 15) is 14.7 Å². The molecule has 1 saturated heterocycles. The van der Waals surface area contributed by atoms with Gasteiger partial charge in [0.25, 0.3) is 0 Å². The number of likely N-dealkylation sites (tertiary alicyclic amines) is 1. The fourth-order valence-corrected chi connectivity index (χ4v) is 2.56. The fourth-order valence-electron chi connectivity index (χ4n) is 2.37. The van der Waals surface area contributed by atoms with Crippen molar-refractivity contribution in [3.05, 3.63) is 29.3 Å². The molecule has 1 fully saturated rings. The predicted octanol–water partition coefficient (Wildman–Crippen LogP) is 3.20. The van der Waals surface area contributed by atoms with Crippen LogP contribution in [0.25, 0.3) is 0 Å². The molecule has 2 N–H and O–H groups in total. The number of anilines is 1. The standard InChI is InChI=1S/C14H17ClN2O3/c15-10-5-4-6-11(9-10)16-14(20)17-8-3-1-2-7-12(17)13(18)19/h4-6,9,12H,1-3,7-8H2,(H,16,20)(H,18,19). The molecule has 0 aliphatic carbocycles. The molecule has 5 nitrogen and oxygen atoms in total. The lowest BCUT2D eigenvalue weighted by Crippen LogP contribution is -2.46. The van der Waals surface area contributed by atoms with Crippen LogP contribution in [0.1, 0.15) is 25.7 Å². The lowest BCUT2D eigenvalue weighted by molar-refractivity contribution is -0.142. The zero-order valence-corrected chi connectivity index (χ0v) is 11.8. The van der Waals surface area contributed by atoms with Gasteiger partial charge in [-0.2, -0.15) is 0 Å². The van der Waals surface area contributed by atoms with Crippen LogP contribution in [0.2, 0.25) is 5.02 Å². The summed E-state index contributed by atoms with van der Waals surface area (Å²) in [4.78, 5) is 24.9. The number of amides is 2. The molecule has 1 aromatic rings. The van der Waals surface area contributed by atoms with Crippen molar-refractivity contribution in [1.29, 1.82) is 0 Å². The maximum absolute atomic E-state index is 12.3. The van der Waals surface area contributed by atoms with E-state index < -0.39 is 12.0 Å². The number of carboxylic acid groups (broad SMARTS) is 1. The molecule has 2 amide bonds. The van der Waals surface area contributed by atoms with Crippen molar-refractivity contribution < 1.29 is 14.7 Å². The van der Waals surface area contributed by atoms with Crippen molar-refractivity contribution in [3.8, 4) is 0 Å². The molecule has 108 valence electrons. The van der Waals surface area contributed by atoms with Gasteiger partial charge in [0, 0.05) is 17.3 Å². The summed E-state index contributed by atoms with van der Waals surface area (Å²) in [5.41, 5.74) is 0.566. The average Bonchev–Trinajstić information content (AvgIpc) is 2.64. The minimum atomic E-state index is -0.951. The third-order valence-corrected chi connectivity index (χ3v) is 3.61. The average molecular weight is 297 g/mol. The third-order valence-electron chi connectivity index (χ3n) is 3.37. The summed E-state index contributed by atoms with van der Waals surface area (Å²) in [5, 5.41) is 12.5. The topological polar surface area (TPSA) is 69.6 Å². The van der Waals surface area contributed by atoms with Crippen LogP contribution in [0.15, 0.2) is 24.3 Å².